The number of esters is 1. The molecule has 0 aliphatic rings. The lowest BCUT2D eigenvalue weighted by atomic mass is 10.0. The van der Waals surface area contributed by atoms with Crippen molar-refractivity contribution >= 4 is 11.9 Å². The molecule has 6 heteroatoms. The molecule has 0 radical (unpaired) electrons. The second-order valence-electron chi connectivity index (χ2n) is 22.8. The molecule has 0 rings (SSSR count). The molecular weight excluding hydrogens is 899 g/mol. The van der Waals surface area contributed by atoms with Crippen molar-refractivity contribution in [2.75, 3.05) is 13.2 Å². The lowest BCUT2D eigenvalue weighted by Gasteiger charge is -2.22. The van der Waals surface area contributed by atoms with Crippen molar-refractivity contribution in [3.05, 3.63) is 24.3 Å². The van der Waals surface area contributed by atoms with E-state index >= 15 is 0 Å². The van der Waals surface area contributed by atoms with Gasteiger partial charge in [0.1, 0.15) is 0 Å². The number of hydrogen-bond donors (Lipinski definition) is 3. The average molecular weight is 1030 g/mol. The van der Waals surface area contributed by atoms with E-state index in [4.69, 9.17) is 4.74 Å². The average Bonchev–Trinajstić information content (AvgIpc) is 3.39. The predicted octanol–water partition coefficient (Wildman–Crippen LogP) is 21.0. The summed E-state index contributed by atoms with van der Waals surface area (Å²) < 4.78 is 5.47. The van der Waals surface area contributed by atoms with Gasteiger partial charge in [-0.05, 0) is 57.8 Å². The molecule has 0 heterocycles. The number of carbonyl (C=O) groups excluding carboxylic acids is 2. The molecule has 2 atom stereocenters. The Morgan fingerprint density at radius 1 is 0.384 bits per heavy atom. The number of allylic oxidation sites excluding steroid dienone is 4. The Labute approximate surface area is 456 Å². The van der Waals surface area contributed by atoms with Gasteiger partial charge in [0.05, 0.1) is 25.4 Å². The SMILES string of the molecule is CCCCCCCCCCCCCCCCCCCCCCC(O)C(CO)NC(=O)CCCCCCCCCCCC/C=C\C=C/CCCCCOC(=O)CCCCCCCCCCCCCCCCCCC. The number of rotatable bonds is 62. The number of unbranched alkanes of at least 4 members (excludes halogenated alkanes) is 48. The van der Waals surface area contributed by atoms with Gasteiger partial charge < -0.3 is 20.3 Å². The molecule has 0 aliphatic carbocycles. The number of carbonyl (C=O) groups is 2. The maximum atomic E-state index is 12.5. The Kier molecular flexibility index (Phi) is 61.4. The van der Waals surface area contributed by atoms with Crippen molar-refractivity contribution in [2.24, 2.45) is 0 Å². The van der Waals surface area contributed by atoms with Gasteiger partial charge in [0.25, 0.3) is 0 Å². The van der Waals surface area contributed by atoms with E-state index in [2.05, 4.69) is 43.5 Å². The minimum atomic E-state index is -0.672. The summed E-state index contributed by atoms with van der Waals surface area (Å²) in [6.07, 6.45) is 77.7. The molecule has 0 aliphatic heterocycles. The van der Waals surface area contributed by atoms with Crippen LogP contribution in [0.5, 0.6) is 0 Å². The van der Waals surface area contributed by atoms with Gasteiger partial charge in [0, 0.05) is 12.8 Å². The van der Waals surface area contributed by atoms with Crippen LogP contribution in [0.25, 0.3) is 0 Å². The molecule has 0 fully saturated rings. The summed E-state index contributed by atoms with van der Waals surface area (Å²) in [5.41, 5.74) is 0. The van der Waals surface area contributed by atoms with E-state index in [1.807, 2.05) is 0 Å². The maximum Gasteiger partial charge on any atom is 0.305 e. The standard InChI is InChI=1S/C67H129NO5/c1-3-5-7-9-11-13-15-17-19-21-22-24-28-31-35-39-43-47-51-55-59-65(70)64(63-69)68-66(71)60-56-52-48-44-40-36-32-29-25-23-26-30-34-38-42-46-50-54-58-62-73-67(72)61-57-53-49-45-41-37-33-27-20-18-16-14-12-10-8-6-4-2/h30,34,38,42,64-65,69-70H,3-29,31-33,35-37,39-41,43-63H2,1-2H3,(H,68,71)/b34-30-,42-38-. The summed E-state index contributed by atoms with van der Waals surface area (Å²) in [6.45, 7) is 4.95. The molecule has 2 unspecified atom stereocenters. The van der Waals surface area contributed by atoms with E-state index in [1.165, 1.54) is 263 Å². The first-order valence-electron chi connectivity index (χ1n) is 33.1. The molecule has 0 bridgehead atoms. The van der Waals surface area contributed by atoms with Crippen molar-refractivity contribution in [3.8, 4) is 0 Å². The second kappa shape index (κ2) is 62.9. The van der Waals surface area contributed by atoms with Crippen LogP contribution >= 0.6 is 0 Å². The first-order valence-corrected chi connectivity index (χ1v) is 33.1. The summed E-state index contributed by atoms with van der Waals surface area (Å²) >= 11 is 0. The number of amides is 1. The fraction of sp³-hybridized carbons (Fsp3) is 0.910. The van der Waals surface area contributed by atoms with Crippen LogP contribution in [0.3, 0.4) is 0 Å². The summed E-state index contributed by atoms with van der Waals surface area (Å²) in [6, 6.07) is -0.550. The number of nitrogens with one attached hydrogen (secondary N) is 1. The molecule has 0 aromatic carbocycles. The molecule has 73 heavy (non-hydrogen) atoms. The molecule has 0 aromatic rings. The molecule has 0 aromatic heterocycles. The van der Waals surface area contributed by atoms with Crippen LogP contribution in [0.4, 0.5) is 0 Å². The third-order valence-corrected chi connectivity index (χ3v) is 15.5. The maximum absolute atomic E-state index is 12.5. The van der Waals surface area contributed by atoms with Gasteiger partial charge in [-0.3, -0.25) is 9.59 Å². The first kappa shape index (κ1) is 71.3. The van der Waals surface area contributed by atoms with Crippen molar-refractivity contribution in [1.29, 1.82) is 0 Å². The zero-order valence-corrected chi connectivity index (χ0v) is 49.4. The van der Waals surface area contributed by atoms with E-state index in [0.717, 1.165) is 70.6 Å². The molecular formula is C67H129NO5. The van der Waals surface area contributed by atoms with Crippen LogP contribution in [0.1, 0.15) is 367 Å². The Balaban J connectivity index is 3.45. The summed E-state index contributed by atoms with van der Waals surface area (Å²) in [4.78, 5) is 24.6. The van der Waals surface area contributed by atoms with Crippen molar-refractivity contribution < 1.29 is 24.5 Å². The van der Waals surface area contributed by atoms with Gasteiger partial charge in [0.2, 0.25) is 5.91 Å². The normalized spacial score (nSPS) is 12.7. The van der Waals surface area contributed by atoms with Crippen LogP contribution in [0.2, 0.25) is 0 Å². The third-order valence-electron chi connectivity index (χ3n) is 15.5. The fourth-order valence-corrected chi connectivity index (χ4v) is 10.5. The molecule has 0 saturated heterocycles. The monoisotopic (exact) mass is 1030 g/mol. The van der Waals surface area contributed by atoms with Crippen LogP contribution in [-0.4, -0.2) is 47.4 Å². The lowest BCUT2D eigenvalue weighted by Crippen LogP contribution is -2.45. The molecule has 0 spiro atoms. The predicted molar refractivity (Wildman–Crippen MR) is 320 cm³/mol. The summed E-state index contributed by atoms with van der Waals surface area (Å²) in [5, 5.41) is 23.4. The van der Waals surface area contributed by atoms with E-state index in [0.29, 0.717) is 25.9 Å². The summed E-state index contributed by atoms with van der Waals surface area (Å²) in [7, 11) is 0. The zero-order chi connectivity index (χ0) is 52.9. The van der Waals surface area contributed by atoms with Gasteiger partial charge in [-0.2, -0.15) is 0 Å². The fourth-order valence-electron chi connectivity index (χ4n) is 10.5. The van der Waals surface area contributed by atoms with E-state index in [9.17, 15) is 19.8 Å². The van der Waals surface area contributed by atoms with Crippen molar-refractivity contribution in [3.63, 3.8) is 0 Å². The number of ether oxygens (including phenoxy) is 1. The highest BCUT2D eigenvalue weighted by molar-refractivity contribution is 5.76. The highest BCUT2D eigenvalue weighted by atomic mass is 16.5. The zero-order valence-electron chi connectivity index (χ0n) is 49.4. The van der Waals surface area contributed by atoms with Crippen LogP contribution in [0.15, 0.2) is 24.3 Å². The quantitative estimate of drug-likeness (QED) is 0.0320. The van der Waals surface area contributed by atoms with Gasteiger partial charge in [-0.25, -0.2) is 0 Å². The van der Waals surface area contributed by atoms with Crippen molar-refractivity contribution in [1.82, 2.24) is 5.32 Å². The Hall–Kier alpha value is -1.66. The van der Waals surface area contributed by atoms with Gasteiger partial charge in [0.15, 0.2) is 0 Å². The van der Waals surface area contributed by atoms with Gasteiger partial charge >= 0.3 is 5.97 Å². The highest BCUT2D eigenvalue weighted by Crippen LogP contribution is 2.18. The Bertz CT molecular complexity index is 1140. The highest BCUT2D eigenvalue weighted by Gasteiger charge is 2.20. The molecule has 432 valence electrons. The largest absolute Gasteiger partial charge is 0.466 e. The number of hydrogen-bond acceptors (Lipinski definition) is 5. The molecule has 0 saturated carbocycles. The Morgan fingerprint density at radius 2 is 0.671 bits per heavy atom. The van der Waals surface area contributed by atoms with Crippen LogP contribution in [-0.2, 0) is 14.3 Å². The molecule has 3 N–H and O–H groups in total. The summed E-state index contributed by atoms with van der Waals surface area (Å²) in [5.74, 6) is -0.0497. The smallest absolute Gasteiger partial charge is 0.305 e. The minimum Gasteiger partial charge on any atom is -0.466 e. The van der Waals surface area contributed by atoms with E-state index in [1.54, 1.807) is 0 Å². The number of aliphatic hydroxyl groups is 2. The molecule has 1 amide bonds. The van der Waals surface area contributed by atoms with E-state index < -0.39 is 12.1 Å². The van der Waals surface area contributed by atoms with E-state index in [-0.39, 0.29) is 18.5 Å². The molecule has 6 nitrogen and oxygen atoms in total. The number of aliphatic hydroxyl groups excluding tert-OH is 2. The van der Waals surface area contributed by atoms with Crippen LogP contribution < -0.4 is 5.32 Å². The Morgan fingerprint density at radius 3 is 1.01 bits per heavy atom. The van der Waals surface area contributed by atoms with Gasteiger partial charge in [-0.1, -0.05) is 321 Å². The topological polar surface area (TPSA) is 95.9 Å². The van der Waals surface area contributed by atoms with Crippen LogP contribution in [0, 0.1) is 0 Å². The van der Waals surface area contributed by atoms with Gasteiger partial charge in [-0.15, -0.1) is 0 Å². The third kappa shape index (κ3) is 59.4. The minimum absolute atomic E-state index is 0.00853. The van der Waals surface area contributed by atoms with Crippen molar-refractivity contribution in [2.45, 2.75) is 379 Å². The lowest BCUT2D eigenvalue weighted by molar-refractivity contribution is -0.143. The second-order valence-corrected chi connectivity index (χ2v) is 22.8. The first-order chi connectivity index (χ1) is 36.0.